The van der Waals surface area contributed by atoms with Gasteiger partial charge in [0.2, 0.25) is 0 Å². The number of carbonyl (C=O) groups is 3. The van der Waals surface area contributed by atoms with Crippen molar-refractivity contribution in [3.05, 3.63) is 129 Å². The number of ketones is 1. The number of hydrogen-bond acceptors (Lipinski definition) is 6. The van der Waals surface area contributed by atoms with Crippen LogP contribution in [0.3, 0.4) is 0 Å². The molecule has 1 unspecified atom stereocenters. The lowest BCUT2D eigenvalue weighted by Crippen LogP contribution is -2.48. The summed E-state index contributed by atoms with van der Waals surface area (Å²) in [7, 11) is 0.915. The second kappa shape index (κ2) is 11.5. The van der Waals surface area contributed by atoms with Gasteiger partial charge in [0, 0.05) is 6.54 Å². The van der Waals surface area contributed by atoms with E-state index in [1.165, 1.54) is 18.3 Å². The molecule has 3 aromatic carbocycles. The molecule has 1 heterocycles. The van der Waals surface area contributed by atoms with Crippen LogP contribution in [-0.2, 0) is 32.5 Å². The van der Waals surface area contributed by atoms with E-state index in [0.29, 0.717) is 23.8 Å². The molecular weight excluding hydrogens is 627 g/mol. The van der Waals surface area contributed by atoms with Gasteiger partial charge in [-0.2, -0.15) is 26.3 Å². The van der Waals surface area contributed by atoms with Gasteiger partial charge < -0.3 is 19.9 Å². The fraction of sp³-hybridized carbons (Fsp3) is 0.156. The maximum absolute atomic E-state index is 15.7. The largest absolute Gasteiger partial charge is 0.496 e. The van der Waals surface area contributed by atoms with Gasteiger partial charge in [-0.25, -0.2) is 14.0 Å². The third kappa shape index (κ3) is 5.39. The van der Waals surface area contributed by atoms with Crippen molar-refractivity contribution < 1.29 is 59.7 Å². The van der Waals surface area contributed by atoms with Gasteiger partial charge in [-0.15, -0.1) is 0 Å². The third-order valence-electron chi connectivity index (χ3n) is 7.51. The van der Waals surface area contributed by atoms with Crippen molar-refractivity contribution in [3.8, 4) is 5.75 Å². The minimum atomic E-state index is -5.29. The second-order valence-corrected chi connectivity index (χ2v) is 10.1. The molecule has 0 saturated carbocycles. The smallest absolute Gasteiger partial charge is 0.420 e. The highest BCUT2D eigenvalue weighted by molar-refractivity contribution is 6.17. The number of alkyl halides is 6. The van der Waals surface area contributed by atoms with Crippen LogP contribution in [-0.4, -0.2) is 36.1 Å². The van der Waals surface area contributed by atoms with Gasteiger partial charge in [-0.05, 0) is 77.0 Å². The Balaban J connectivity index is 1.71. The molecule has 0 spiro atoms. The predicted octanol–water partition coefficient (Wildman–Crippen LogP) is 6.48. The minimum Gasteiger partial charge on any atom is -0.496 e. The maximum atomic E-state index is 15.7. The molecule has 238 valence electrons. The van der Waals surface area contributed by atoms with Crippen LogP contribution < -0.4 is 10.1 Å². The van der Waals surface area contributed by atoms with E-state index in [1.54, 1.807) is 12.1 Å². The Labute approximate surface area is 255 Å². The number of hydrogen-bond donors (Lipinski definition) is 2. The number of carbonyl (C=O) groups excluding carboxylic acids is 2. The van der Waals surface area contributed by atoms with Crippen LogP contribution in [0.2, 0.25) is 0 Å². The summed E-state index contributed by atoms with van der Waals surface area (Å²) in [6.45, 7) is -0.0391. The normalized spacial score (nSPS) is 18.0. The molecule has 2 aliphatic rings. The molecule has 0 bridgehead atoms. The summed E-state index contributed by atoms with van der Waals surface area (Å²) in [4.78, 5) is 39.6. The summed E-state index contributed by atoms with van der Waals surface area (Å²) in [5.41, 5.74) is -7.03. The Morgan fingerprint density at radius 3 is 2.24 bits per heavy atom. The first kappa shape index (κ1) is 32.0. The number of benzene rings is 3. The Morgan fingerprint density at radius 2 is 1.65 bits per heavy atom. The standard InChI is InChI=1S/C32H20F7NO6/c1-45-25-14-22(32(37,38)39)27(41)30(26(25)28(42)43,21-4-2-3-16-11-12-40-15-20(16)21)19-9-10-24(23(33)13-19)46-29(44)17-5-7-18(8-6-17)31(34,35)36/h2-14,40H,15H2,1H3,(H,42,43). The lowest BCUT2D eigenvalue weighted by molar-refractivity contribution is -0.139. The van der Waals surface area contributed by atoms with Crippen molar-refractivity contribution in [1.82, 2.24) is 5.32 Å². The lowest BCUT2D eigenvalue weighted by atomic mass is 9.60. The van der Waals surface area contributed by atoms with E-state index in [0.717, 1.165) is 31.4 Å². The number of rotatable bonds is 6. The lowest BCUT2D eigenvalue weighted by Gasteiger charge is -2.40. The second-order valence-electron chi connectivity index (χ2n) is 10.1. The van der Waals surface area contributed by atoms with Crippen molar-refractivity contribution in [2.75, 3.05) is 7.11 Å². The molecule has 46 heavy (non-hydrogen) atoms. The molecule has 0 fully saturated rings. The first-order valence-electron chi connectivity index (χ1n) is 13.2. The summed E-state index contributed by atoms with van der Waals surface area (Å²) >= 11 is 0. The molecule has 0 saturated heterocycles. The molecule has 1 aliphatic carbocycles. The van der Waals surface area contributed by atoms with Gasteiger partial charge in [-0.1, -0.05) is 24.3 Å². The van der Waals surface area contributed by atoms with Crippen LogP contribution in [0.4, 0.5) is 30.7 Å². The molecule has 14 heteroatoms. The van der Waals surface area contributed by atoms with Gasteiger partial charge in [0.1, 0.15) is 22.3 Å². The summed E-state index contributed by atoms with van der Waals surface area (Å²) in [5.74, 6) is -7.83. The third-order valence-corrected chi connectivity index (χ3v) is 7.51. The summed E-state index contributed by atoms with van der Waals surface area (Å²) in [6, 6.07) is 9.35. The fourth-order valence-electron chi connectivity index (χ4n) is 5.48. The van der Waals surface area contributed by atoms with Crippen LogP contribution in [0.1, 0.15) is 38.2 Å². The van der Waals surface area contributed by atoms with Gasteiger partial charge in [0.25, 0.3) is 0 Å². The Morgan fingerprint density at radius 1 is 0.957 bits per heavy atom. The highest BCUT2D eigenvalue weighted by Crippen LogP contribution is 2.51. The Hall–Kier alpha value is -5.40. The number of esters is 1. The molecule has 0 radical (unpaired) electrons. The molecule has 3 aromatic rings. The van der Waals surface area contributed by atoms with Crippen molar-refractivity contribution >= 4 is 23.8 Å². The maximum Gasteiger partial charge on any atom is 0.420 e. The fourth-order valence-corrected chi connectivity index (χ4v) is 5.48. The molecule has 2 N–H and O–H groups in total. The van der Waals surface area contributed by atoms with E-state index in [-0.39, 0.29) is 29.3 Å². The molecular formula is C32H20F7NO6. The summed E-state index contributed by atoms with van der Waals surface area (Å²) in [5, 5.41) is 13.3. The number of methoxy groups -OCH3 is 1. The van der Waals surface area contributed by atoms with Crippen LogP contribution >= 0.6 is 0 Å². The summed E-state index contributed by atoms with van der Waals surface area (Å²) < 4.78 is 107. The first-order valence-corrected chi connectivity index (χ1v) is 13.2. The van der Waals surface area contributed by atoms with E-state index < -0.39 is 75.1 Å². The van der Waals surface area contributed by atoms with Crippen molar-refractivity contribution in [2.45, 2.75) is 24.3 Å². The Kier molecular flexibility index (Phi) is 8.01. The number of fused-ring (bicyclic) bond motifs is 1. The number of Topliss-reactive ketones (excluding diaryl/α,β-unsaturated/α-hetero) is 1. The Bertz CT molecular complexity index is 1860. The van der Waals surface area contributed by atoms with Crippen LogP contribution in [0.25, 0.3) is 6.08 Å². The molecule has 1 aliphatic heterocycles. The van der Waals surface area contributed by atoms with Crippen molar-refractivity contribution in [1.29, 1.82) is 0 Å². The summed E-state index contributed by atoms with van der Waals surface area (Å²) in [6.07, 6.45) is -6.62. The number of aliphatic carboxylic acids is 1. The average Bonchev–Trinajstić information content (AvgIpc) is 3.00. The number of halogens is 7. The first-order chi connectivity index (χ1) is 21.6. The zero-order chi connectivity index (χ0) is 33.6. The van der Waals surface area contributed by atoms with Gasteiger partial charge in [0.15, 0.2) is 17.3 Å². The average molecular weight is 647 g/mol. The highest BCUT2D eigenvalue weighted by atomic mass is 19.4. The van der Waals surface area contributed by atoms with Crippen LogP contribution in [0, 0.1) is 5.82 Å². The zero-order valence-corrected chi connectivity index (χ0v) is 23.3. The number of carboxylic acid groups (broad SMARTS) is 1. The topological polar surface area (TPSA) is 102 Å². The molecule has 1 atom stereocenters. The van der Waals surface area contributed by atoms with Crippen LogP contribution in [0.15, 0.2) is 89.8 Å². The highest BCUT2D eigenvalue weighted by Gasteiger charge is 2.59. The van der Waals surface area contributed by atoms with E-state index in [2.05, 4.69) is 5.32 Å². The SMILES string of the molecule is COC1=C(C(=O)O)C(c2ccc(OC(=O)c3ccc(C(F)(F)F)cc3)c(F)c2)(c2cccc3c2CNC=C3)C(=O)C(C(F)(F)F)=C1. The molecule has 5 rings (SSSR count). The molecule has 7 nitrogen and oxygen atoms in total. The van der Waals surface area contributed by atoms with Crippen molar-refractivity contribution in [2.24, 2.45) is 0 Å². The van der Waals surface area contributed by atoms with E-state index in [4.69, 9.17) is 9.47 Å². The minimum absolute atomic E-state index is 0.0391. The van der Waals surface area contributed by atoms with Gasteiger partial charge in [-0.3, -0.25) is 4.79 Å². The van der Waals surface area contributed by atoms with Crippen LogP contribution in [0.5, 0.6) is 5.75 Å². The van der Waals surface area contributed by atoms with Gasteiger partial charge >= 0.3 is 24.3 Å². The molecule has 0 amide bonds. The number of allylic oxidation sites excluding steroid dienone is 2. The van der Waals surface area contributed by atoms with E-state index >= 15 is 4.39 Å². The predicted molar refractivity (Wildman–Crippen MR) is 147 cm³/mol. The van der Waals surface area contributed by atoms with E-state index in [9.17, 15) is 45.8 Å². The number of ether oxygens (including phenoxy) is 2. The van der Waals surface area contributed by atoms with E-state index in [1.807, 2.05) is 0 Å². The molecule has 0 aromatic heterocycles. The van der Waals surface area contributed by atoms with Crippen molar-refractivity contribution in [3.63, 3.8) is 0 Å². The zero-order valence-electron chi connectivity index (χ0n) is 23.3. The quantitative estimate of drug-likeness (QED) is 0.180. The monoisotopic (exact) mass is 647 g/mol. The number of nitrogens with one attached hydrogen (secondary N) is 1. The van der Waals surface area contributed by atoms with Gasteiger partial charge in [0.05, 0.1) is 18.2 Å². The number of carboxylic acids is 1.